The SMILES string of the molecule is CN(C)CCn1c2c(c(SCC(=O)NC3CCCCC3)nc1=O)CCC2. The molecule has 0 saturated heterocycles. The Bertz CT molecular complexity index is 696. The van der Waals surface area contributed by atoms with E-state index in [1.165, 1.54) is 36.6 Å². The predicted molar refractivity (Wildman–Crippen MR) is 105 cm³/mol. The summed E-state index contributed by atoms with van der Waals surface area (Å²) in [6.07, 6.45) is 8.82. The first kappa shape index (κ1) is 19.4. The number of carbonyl (C=O) groups excluding carboxylic acids is 1. The van der Waals surface area contributed by atoms with Crippen molar-refractivity contribution in [3.8, 4) is 0 Å². The molecule has 1 heterocycles. The maximum atomic E-state index is 12.5. The molecule has 0 aromatic carbocycles. The summed E-state index contributed by atoms with van der Waals surface area (Å²) in [4.78, 5) is 31.1. The minimum absolute atomic E-state index is 0.0623. The number of likely N-dealkylation sites (N-methyl/N-ethyl adjacent to an activating group) is 1. The van der Waals surface area contributed by atoms with Crippen molar-refractivity contribution >= 4 is 17.7 Å². The van der Waals surface area contributed by atoms with Crippen LogP contribution in [0, 0.1) is 0 Å². The third-order valence-electron chi connectivity index (χ3n) is 5.28. The zero-order valence-corrected chi connectivity index (χ0v) is 16.7. The van der Waals surface area contributed by atoms with Gasteiger partial charge >= 0.3 is 5.69 Å². The van der Waals surface area contributed by atoms with Crippen LogP contribution in [0.15, 0.2) is 9.82 Å². The molecular formula is C19H30N4O2S. The van der Waals surface area contributed by atoms with Gasteiger partial charge in [0, 0.05) is 30.4 Å². The van der Waals surface area contributed by atoms with E-state index >= 15 is 0 Å². The van der Waals surface area contributed by atoms with Crippen molar-refractivity contribution in [3.05, 3.63) is 21.7 Å². The highest BCUT2D eigenvalue weighted by Crippen LogP contribution is 2.29. The van der Waals surface area contributed by atoms with Crippen LogP contribution in [0.25, 0.3) is 0 Å². The van der Waals surface area contributed by atoms with Crippen LogP contribution in [-0.2, 0) is 24.2 Å². The molecule has 1 fully saturated rings. The zero-order chi connectivity index (χ0) is 18.5. The van der Waals surface area contributed by atoms with Gasteiger partial charge in [-0.25, -0.2) is 4.79 Å². The number of amides is 1. The van der Waals surface area contributed by atoms with E-state index in [4.69, 9.17) is 0 Å². The quantitative estimate of drug-likeness (QED) is 0.579. The van der Waals surface area contributed by atoms with Gasteiger partial charge in [0.15, 0.2) is 0 Å². The molecule has 26 heavy (non-hydrogen) atoms. The molecule has 0 atom stereocenters. The van der Waals surface area contributed by atoms with Crippen LogP contribution >= 0.6 is 11.8 Å². The molecule has 0 radical (unpaired) electrons. The maximum absolute atomic E-state index is 12.5. The van der Waals surface area contributed by atoms with Gasteiger partial charge in [-0.05, 0) is 46.2 Å². The Labute approximate surface area is 159 Å². The smallest absolute Gasteiger partial charge is 0.348 e. The van der Waals surface area contributed by atoms with Crippen LogP contribution in [0.3, 0.4) is 0 Å². The highest BCUT2D eigenvalue weighted by molar-refractivity contribution is 7.99. The predicted octanol–water partition coefficient (Wildman–Crippen LogP) is 1.83. The van der Waals surface area contributed by atoms with Crippen LogP contribution in [0.2, 0.25) is 0 Å². The number of thioether (sulfide) groups is 1. The number of carbonyl (C=O) groups is 1. The number of nitrogens with one attached hydrogen (secondary N) is 1. The molecule has 1 N–H and O–H groups in total. The van der Waals surface area contributed by atoms with Crippen molar-refractivity contribution in [2.45, 2.75) is 69.0 Å². The number of rotatable bonds is 7. The molecule has 0 aliphatic heterocycles. The molecule has 1 aromatic heterocycles. The molecule has 0 spiro atoms. The summed E-state index contributed by atoms with van der Waals surface area (Å²) in [7, 11) is 4.02. The van der Waals surface area contributed by atoms with Crippen LogP contribution in [0.1, 0.15) is 49.8 Å². The molecule has 1 aromatic rings. The highest BCUT2D eigenvalue weighted by Gasteiger charge is 2.23. The van der Waals surface area contributed by atoms with Crippen LogP contribution in [-0.4, -0.2) is 52.8 Å². The number of hydrogen-bond acceptors (Lipinski definition) is 5. The second-order valence-corrected chi connectivity index (χ2v) is 8.59. The van der Waals surface area contributed by atoms with Crippen molar-refractivity contribution < 1.29 is 4.79 Å². The van der Waals surface area contributed by atoms with Crippen LogP contribution in [0.5, 0.6) is 0 Å². The molecule has 0 unspecified atom stereocenters. The van der Waals surface area contributed by atoms with Gasteiger partial charge in [0.25, 0.3) is 0 Å². The Morgan fingerprint density at radius 2 is 2.00 bits per heavy atom. The van der Waals surface area contributed by atoms with Crippen LogP contribution in [0.4, 0.5) is 0 Å². The molecular weight excluding hydrogens is 348 g/mol. The summed E-state index contributed by atoms with van der Waals surface area (Å²) >= 11 is 1.42. The van der Waals surface area contributed by atoms with Gasteiger partial charge < -0.3 is 10.2 Å². The Hall–Kier alpha value is -1.34. The maximum Gasteiger partial charge on any atom is 0.348 e. The first-order valence-electron chi connectivity index (χ1n) is 9.74. The average molecular weight is 379 g/mol. The van der Waals surface area contributed by atoms with E-state index in [-0.39, 0.29) is 11.6 Å². The van der Waals surface area contributed by atoms with Crippen molar-refractivity contribution in [2.75, 3.05) is 26.4 Å². The normalized spacial score (nSPS) is 17.5. The summed E-state index contributed by atoms with van der Waals surface area (Å²) < 4.78 is 1.83. The van der Waals surface area contributed by atoms with Gasteiger partial charge in [-0.15, -0.1) is 0 Å². The lowest BCUT2D eigenvalue weighted by atomic mass is 9.95. The van der Waals surface area contributed by atoms with Gasteiger partial charge in [0.05, 0.1) is 5.75 Å². The molecule has 2 aliphatic rings. The lowest BCUT2D eigenvalue weighted by Crippen LogP contribution is -2.37. The minimum Gasteiger partial charge on any atom is -0.353 e. The first-order chi connectivity index (χ1) is 12.5. The largest absolute Gasteiger partial charge is 0.353 e. The molecule has 1 saturated carbocycles. The standard InChI is InChI=1S/C19H30N4O2S/c1-22(2)11-12-23-16-10-6-9-15(16)18(21-19(23)25)26-13-17(24)20-14-7-4-3-5-8-14/h14H,3-13H2,1-2H3,(H,20,24). The molecule has 3 rings (SSSR count). The lowest BCUT2D eigenvalue weighted by Gasteiger charge is -2.22. The Balaban J connectivity index is 1.65. The van der Waals surface area contributed by atoms with Gasteiger partial charge in [-0.3, -0.25) is 9.36 Å². The fourth-order valence-corrected chi connectivity index (χ4v) is 4.77. The van der Waals surface area contributed by atoms with E-state index in [0.29, 0.717) is 18.3 Å². The Morgan fingerprint density at radius 1 is 1.23 bits per heavy atom. The summed E-state index contributed by atoms with van der Waals surface area (Å²) in [6, 6.07) is 0.328. The average Bonchev–Trinajstić information content (AvgIpc) is 3.09. The number of hydrogen-bond donors (Lipinski definition) is 1. The second-order valence-electron chi connectivity index (χ2n) is 7.62. The number of fused-ring (bicyclic) bond motifs is 1. The topological polar surface area (TPSA) is 67.2 Å². The first-order valence-corrected chi connectivity index (χ1v) is 10.7. The van der Waals surface area contributed by atoms with E-state index < -0.39 is 0 Å². The Kier molecular flexibility index (Phi) is 6.75. The van der Waals surface area contributed by atoms with Crippen LogP contribution < -0.4 is 11.0 Å². The summed E-state index contributed by atoms with van der Waals surface area (Å²) in [6.45, 7) is 1.50. The summed E-state index contributed by atoms with van der Waals surface area (Å²) in [5.41, 5.74) is 2.13. The van der Waals surface area contributed by atoms with Crippen molar-refractivity contribution in [1.82, 2.24) is 19.8 Å². The Morgan fingerprint density at radius 3 is 2.73 bits per heavy atom. The van der Waals surface area contributed by atoms with E-state index in [0.717, 1.165) is 49.4 Å². The zero-order valence-electron chi connectivity index (χ0n) is 15.9. The fourth-order valence-electron chi connectivity index (χ4n) is 3.89. The van der Waals surface area contributed by atoms with E-state index in [1.54, 1.807) is 0 Å². The van der Waals surface area contributed by atoms with Gasteiger partial charge in [-0.2, -0.15) is 4.98 Å². The molecule has 1 amide bonds. The van der Waals surface area contributed by atoms with Gasteiger partial charge in [0.1, 0.15) is 5.03 Å². The van der Waals surface area contributed by atoms with E-state index in [9.17, 15) is 9.59 Å². The lowest BCUT2D eigenvalue weighted by molar-refractivity contribution is -0.119. The van der Waals surface area contributed by atoms with Crippen molar-refractivity contribution in [1.29, 1.82) is 0 Å². The fraction of sp³-hybridized carbons (Fsp3) is 0.737. The second kappa shape index (κ2) is 9.04. The minimum atomic E-state index is -0.178. The van der Waals surface area contributed by atoms with Crippen molar-refractivity contribution in [2.24, 2.45) is 0 Å². The van der Waals surface area contributed by atoms with E-state index in [1.807, 2.05) is 18.7 Å². The molecule has 2 aliphatic carbocycles. The number of aromatic nitrogens is 2. The molecule has 6 nitrogen and oxygen atoms in total. The number of nitrogens with zero attached hydrogens (tertiary/aromatic N) is 3. The van der Waals surface area contributed by atoms with Gasteiger partial charge in [-0.1, -0.05) is 31.0 Å². The monoisotopic (exact) mass is 378 g/mol. The highest BCUT2D eigenvalue weighted by atomic mass is 32.2. The van der Waals surface area contributed by atoms with E-state index in [2.05, 4.69) is 15.2 Å². The third kappa shape index (κ3) is 4.88. The molecule has 7 heteroatoms. The molecule has 144 valence electrons. The van der Waals surface area contributed by atoms with Crippen molar-refractivity contribution in [3.63, 3.8) is 0 Å². The summed E-state index contributed by atoms with van der Waals surface area (Å²) in [5, 5.41) is 3.91. The third-order valence-corrected chi connectivity index (χ3v) is 6.30. The molecule has 0 bridgehead atoms. The summed E-state index contributed by atoms with van der Waals surface area (Å²) in [5.74, 6) is 0.407. The van der Waals surface area contributed by atoms with Gasteiger partial charge in [0.2, 0.25) is 5.91 Å².